The van der Waals surface area contributed by atoms with Gasteiger partial charge in [0.05, 0.1) is 10.2 Å². The lowest BCUT2D eigenvalue weighted by Crippen LogP contribution is -2.50. The Hall–Kier alpha value is 0.257. The van der Waals surface area contributed by atoms with Crippen molar-refractivity contribution in [3.05, 3.63) is 24.3 Å². The van der Waals surface area contributed by atoms with E-state index in [2.05, 4.69) is 50.9 Å². The average Bonchev–Trinajstić information content (AvgIpc) is 3.16. The van der Waals surface area contributed by atoms with Crippen LogP contribution in [-0.2, 0) is 13.3 Å². The molecule has 1 aromatic heterocycles. The first kappa shape index (κ1) is 25.5. The van der Waals surface area contributed by atoms with Gasteiger partial charge < -0.3 is 13.3 Å². The molecule has 0 radical (unpaired) electrons. The summed E-state index contributed by atoms with van der Waals surface area (Å²) in [6, 6.07) is 8.31. The number of para-hydroxylation sites is 1. The van der Waals surface area contributed by atoms with E-state index in [9.17, 15) is 0 Å². The molecule has 1 aromatic carbocycles. The van der Waals surface area contributed by atoms with E-state index < -0.39 is 8.80 Å². The summed E-state index contributed by atoms with van der Waals surface area (Å²) >= 11 is 1.76. The topological polar surface area (TPSA) is 40.6 Å². The first-order valence-electron chi connectivity index (χ1n) is 10.4. The van der Waals surface area contributed by atoms with Crippen LogP contribution in [0.25, 0.3) is 10.2 Å². The molecule has 0 saturated carbocycles. The van der Waals surface area contributed by atoms with Crippen molar-refractivity contribution in [2.75, 3.05) is 25.6 Å². The van der Waals surface area contributed by atoms with E-state index in [1.165, 1.54) is 4.70 Å². The molecule has 0 aliphatic carbocycles. The summed E-state index contributed by atoms with van der Waals surface area (Å²) in [4.78, 5) is 4.68. The number of hydrogen-bond donors (Lipinski definition) is 0. The van der Waals surface area contributed by atoms with Crippen LogP contribution in [0, 0.1) is 0 Å². The van der Waals surface area contributed by atoms with Gasteiger partial charge in [-0.05, 0) is 58.4 Å². The highest BCUT2D eigenvalue weighted by Gasteiger charge is 2.46. The van der Waals surface area contributed by atoms with Crippen molar-refractivity contribution in [3.8, 4) is 0 Å². The minimum absolute atomic E-state index is 0.299. The summed E-state index contributed by atoms with van der Waals surface area (Å²) in [5.41, 5.74) is 1.39. The molecule has 0 saturated heterocycles. The van der Waals surface area contributed by atoms with Gasteiger partial charge in [0.15, 0.2) is 4.34 Å². The SMILES string of the molecule is CCCO[Si](OCCC)(OCCC)C(C)CCSSSc1nc2ccccc2s1. The Morgan fingerprint density at radius 3 is 2.21 bits per heavy atom. The highest BCUT2D eigenvalue weighted by atomic mass is 33.5. The Kier molecular flexibility index (Phi) is 12.6. The number of benzene rings is 1. The smallest absolute Gasteiger partial charge is 0.373 e. The summed E-state index contributed by atoms with van der Waals surface area (Å²) in [6.45, 7) is 10.8. The lowest BCUT2D eigenvalue weighted by molar-refractivity contribution is 0.0505. The number of aromatic nitrogens is 1. The van der Waals surface area contributed by atoms with Crippen LogP contribution >= 0.6 is 42.8 Å². The summed E-state index contributed by atoms with van der Waals surface area (Å²) in [7, 11) is 2.78. The second-order valence-corrected chi connectivity index (χ2v) is 15.3. The Bertz CT molecular complexity index is 648. The molecule has 1 unspecified atom stereocenters. The fourth-order valence-corrected chi connectivity index (χ4v) is 11.3. The standard InChI is InChI=1S/C20H33NO3S4Si/c1-5-13-22-29(23-14-6-2,24-15-7-3)17(4)12-16-25-28-27-20-21-18-10-8-9-11-19(18)26-20/h8-11,17H,5-7,12-16H2,1-4H3. The van der Waals surface area contributed by atoms with E-state index >= 15 is 0 Å². The lowest BCUT2D eigenvalue weighted by atomic mass is 10.3. The third-order valence-corrected chi connectivity index (χ3v) is 12.9. The minimum atomic E-state index is -2.65. The third kappa shape index (κ3) is 8.37. The van der Waals surface area contributed by atoms with Crippen molar-refractivity contribution in [1.29, 1.82) is 0 Å². The molecule has 164 valence electrons. The number of rotatable bonds is 16. The van der Waals surface area contributed by atoms with Gasteiger partial charge in [-0.3, -0.25) is 0 Å². The summed E-state index contributed by atoms with van der Waals surface area (Å²) < 4.78 is 21.2. The van der Waals surface area contributed by atoms with Crippen molar-refractivity contribution >= 4 is 61.8 Å². The van der Waals surface area contributed by atoms with Gasteiger partial charge in [-0.15, -0.1) is 11.3 Å². The lowest BCUT2D eigenvalue weighted by Gasteiger charge is -2.34. The van der Waals surface area contributed by atoms with E-state index in [4.69, 9.17) is 13.3 Å². The summed E-state index contributed by atoms with van der Waals surface area (Å²) in [5.74, 6) is 1.04. The van der Waals surface area contributed by atoms with Gasteiger partial charge in [0.25, 0.3) is 0 Å². The second kappa shape index (κ2) is 14.3. The molecule has 9 heteroatoms. The Labute approximate surface area is 192 Å². The van der Waals surface area contributed by atoms with Crippen molar-refractivity contribution < 1.29 is 13.3 Å². The second-order valence-electron chi connectivity index (χ2n) is 6.76. The molecule has 0 bridgehead atoms. The number of hydrogen-bond acceptors (Lipinski definition) is 8. The molecule has 0 aliphatic rings. The van der Waals surface area contributed by atoms with Crippen molar-refractivity contribution in [3.63, 3.8) is 0 Å². The highest BCUT2D eigenvalue weighted by molar-refractivity contribution is 9.09. The van der Waals surface area contributed by atoms with Gasteiger partial charge in [0.1, 0.15) is 0 Å². The molecule has 0 spiro atoms. The molecule has 2 aromatic rings. The van der Waals surface area contributed by atoms with Gasteiger partial charge in [-0.2, -0.15) is 0 Å². The Morgan fingerprint density at radius 2 is 1.62 bits per heavy atom. The first-order valence-corrected chi connectivity index (χ1v) is 16.7. The zero-order valence-corrected chi connectivity index (χ0v) is 22.1. The molecule has 1 atom stereocenters. The Morgan fingerprint density at radius 1 is 1.00 bits per heavy atom. The van der Waals surface area contributed by atoms with E-state index in [0.717, 1.165) is 41.3 Å². The van der Waals surface area contributed by atoms with Gasteiger partial charge in [0, 0.05) is 31.1 Å². The predicted molar refractivity (Wildman–Crippen MR) is 134 cm³/mol. The number of thiazole rings is 1. The van der Waals surface area contributed by atoms with Crippen LogP contribution in [0.15, 0.2) is 28.6 Å². The molecule has 0 amide bonds. The first-order chi connectivity index (χ1) is 14.1. The summed E-state index contributed by atoms with van der Waals surface area (Å²) in [6.07, 6.45) is 3.98. The molecule has 29 heavy (non-hydrogen) atoms. The van der Waals surface area contributed by atoms with Crippen molar-refractivity contribution in [1.82, 2.24) is 4.98 Å². The van der Waals surface area contributed by atoms with E-state index in [1.807, 2.05) is 16.9 Å². The van der Waals surface area contributed by atoms with Gasteiger partial charge >= 0.3 is 8.80 Å². The highest BCUT2D eigenvalue weighted by Crippen LogP contribution is 2.44. The number of fused-ring (bicyclic) bond motifs is 1. The maximum absolute atomic E-state index is 6.27. The molecule has 2 rings (SSSR count). The van der Waals surface area contributed by atoms with Crippen LogP contribution in [-0.4, -0.2) is 39.4 Å². The summed E-state index contributed by atoms with van der Waals surface area (Å²) in [5, 5.41) is 0. The van der Waals surface area contributed by atoms with Crippen molar-refractivity contribution in [2.24, 2.45) is 0 Å². The zero-order valence-electron chi connectivity index (χ0n) is 17.8. The minimum Gasteiger partial charge on any atom is -0.373 e. The molecule has 0 aliphatic heterocycles. The van der Waals surface area contributed by atoms with Gasteiger partial charge in [-0.25, -0.2) is 4.98 Å². The molecular formula is C20H33NO3S4Si. The van der Waals surface area contributed by atoms with Crippen LogP contribution in [0.5, 0.6) is 0 Å². The normalized spacial score (nSPS) is 13.2. The van der Waals surface area contributed by atoms with Crippen LogP contribution in [0.3, 0.4) is 0 Å². The van der Waals surface area contributed by atoms with Crippen LogP contribution < -0.4 is 0 Å². The Balaban J connectivity index is 1.82. The predicted octanol–water partition coefficient (Wildman–Crippen LogP) is 7.68. The van der Waals surface area contributed by atoms with Crippen molar-refractivity contribution in [2.45, 2.75) is 63.3 Å². The maximum Gasteiger partial charge on any atom is 0.503 e. The van der Waals surface area contributed by atoms with E-state index in [-0.39, 0.29) is 0 Å². The van der Waals surface area contributed by atoms with E-state index in [0.29, 0.717) is 25.4 Å². The van der Waals surface area contributed by atoms with Gasteiger partial charge in [-0.1, -0.05) is 50.6 Å². The van der Waals surface area contributed by atoms with Crippen LogP contribution in [0.1, 0.15) is 53.4 Å². The third-order valence-electron chi connectivity index (χ3n) is 4.19. The van der Waals surface area contributed by atoms with Gasteiger partial charge in [0.2, 0.25) is 0 Å². The van der Waals surface area contributed by atoms with Crippen LogP contribution in [0.4, 0.5) is 0 Å². The monoisotopic (exact) mass is 491 g/mol. The number of nitrogens with zero attached hydrogens (tertiary/aromatic N) is 1. The fourth-order valence-electron chi connectivity index (χ4n) is 2.66. The molecule has 0 fully saturated rings. The quantitative estimate of drug-likeness (QED) is 0.135. The maximum atomic E-state index is 6.27. The fraction of sp³-hybridized carbons (Fsp3) is 0.650. The molecule has 0 N–H and O–H groups in total. The average molecular weight is 492 g/mol. The molecule has 4 nitrogen and oxygen atoms in total. The molecule has 1 heterocycles. The van der Waals surface area contributed by atoms with E-state index in [1.54, 1.807) is 32.0 Å². The van der Waals surface area contributed by atoms with Crippen LogP contribution in [0.2, 0.25) is 5.54 Å². The molecular weight excluding hydrogens is 459 g/mol. The zero-order chi connectivity index (χ0) is 21.0. The largest absolute Gasteiger partial charge is 0.503 e.